The molecule has 11 aromatic rings. The highest BCUT2D eigenvalue weighted by Crippen LogP contribution is 2.41. The largest absolute Gasteiger partial charge is 0.497 e. The number of sulfonamides is 4. The quantitative estimate of drug-likeness (QED) is 0.0305. The van der Waals surface area contributed by atoms with Gasteiger partial charge in [-0.15, -0.1) is 11.3 Å². The second-order valence-corrected chi connectivity index (χ2v) is 36.9. The van der Waals surface area contributed by atoms with Crippen LogP contribution in [0.2, 0.25) is 0 Å². The lowest BCUT2D eigenvalue weighted by Crippen LogP contribution is -2.28. The molecule has 0 saturated carbocycles. The average Bonchev–Trinajstić information content (AvgIpc) is 1.28. The number of hydrogen-bond donors (Lipinski definition) is 4. The van der Waals surface area contributed by atoms with Gasteiger partial charge in [-0.25, -0.2) is 79.2 Å². The Hall–Kier alpha value is -12.2. The fourth-order valence-corrected chi connectivity index (χ4v) is 18.9. The molecule has 2 aliphatic rings. The molecular formula is C83H83F7N8O20S6. The molecule has 0 radical (unpaired) electrons. The van der Waals surface area contributed by atoms with Gasteiger partial charge in [0, 0.05) is 42.3 Å². The fraction of sp³-hybridized carbons (Fsp3) is 0.253. The minimum Gasteiger partial charge on any atom is -0.497 e. The first-order valence-electron chi connectivity index (χ1n) is 36.8. The highest BCUT2D eigenvalue weighted by Gasteiger charge is 2.35. The van der Waals surface area contributed by atoms with Crippen LogP contribution in [0.1, 0.15) is 99.5 Å². The van der Waals surface area contributed by atoms with Crippen LogP contribution in [-0.4, -0.2) is 124 Å². The number of ether oxygens (including phenoxy) is 6. The molecule has 4 N–H and O–H groups in total. The van der Waals surface area contributed by atoms with Crippen molar-refractivity contribution in [2.24, 2.45) is 4.99 Å². The lowest BCUT2D eigenvalue weighted by atomic mass is 9.97. The number of nitrogens with one attached hydrogen (secondary N) is 4. The SMILES string of the molecule is COC(=O)C1=C(NS(=O)(=O)c2cccc(C(F)(F)F)c2)CCCC1.COC(=O)c1scc(C)c1NS(=O)(=O)c1cccc(C)c1.COc1cc(NS(=O)(=O)c2cccc(C(C)(F)F)c2)c(-c2ncco2)cc1OC.COc1ccc(-c2nc(C)no2)c(CS(=O)(=O)c2cccc(C(C)(F)F)c2)c1.Cc1cccc(S(=O)(=O)Nc2ccccc2C2=NCCO2)c1. The second-order valence-electron chi connectivity index (χ2n) is 27.3. The summed E-state index contributed by atoms with van der Waals surface area (Å²) >= 11 is 1.15. The summed E-state index contributed by atoms with van der Waals surface area (Å²) < 4.78 is 269. The topological polar surface area (TPSA) is 386 Å². The fourth-order valence-electron chi connectivity index (χ4n) is 11.8. The number of alkyl halides is 7. The number of aromatic nitrogens is 3. The zero-order valence-electron chi connectivity index (χ0n) is 68.0. The van der Waals surface area contributed by atoms with E-state index in [2.05, 4.69) is 48.5 Å². The Morgan fingerprint density at radius 2 is 1.04 bits per heavy atom. The molecule has 0 atom stereocenters. The van der Waals surface area contributed by atoms with Gasteiger partial charge in [0.25, 0.3) is 57.8 Å². The Balaban J connectivity index is 0.000000177. The third-order valence-corrected chi connectivity index (χ3v) is 26.2. The Morgan fingerprint density at radius 1 is 0.516 bits per heavy atom. The van der Waals surface area contributed by atoms with Gasteiger partial charge in [-0.1, -0.05) is 71.9 Å². The summed E-state index contributed by atoms with van der Waals surface area (Å²) in [6, 6.07) is 40.9. The average molecular weight is 1840 g/mol. The molecule has 4 heterocycles. The van der Waals surface area contributed by atoms with E-state index in [0.29, 0.717) is 103 Å². The molecule has 13 rings (SSSR count). The van der Waals surface area contributed by atoms with E-state index in [0.717, 1.165) is 65.8 Å². The zero-order valence-corrected chi connectivity index (χ0v) is 72.9. The highest BCUT2D eigenvalue weighted by atomic mass is 32.2. The molecule has 0 fully saturated rings. The molecular weight excluding hydrogens is 1750 g/mol. The second kappa shape index (κ2) is 40.4. The smallest absolute Gasteiger partial charge is 0.416 e. The van der Waals surface area contributed by atoms with Gasteiger partial charge in [-0.05, 0) is 184 Å². The molecule has 124 heavy (non-hydrogen) atoms. The van der Waals surface area contributed by atoms with Crippen molar-refractivity contribution in [1.82, 2.24) is 19.8 Å². The van der Waals surface area contributed by atoms with E-state index >= 15 is 0 Å². The number of nitrogens with zero attached hydrogens (tertiary/aromatic N) is 4. The minimum absolute atomic E-state index is 0.0822. The summed E-state index contributed by atoms with van der Waals surface area (Å²) in [7, 11) is -13.0. The van der Waals surface area contributed by atoms with Crippen molar-refractivity contribution in [2.75, 3.05) is 62.9 Å². The van der Waals surface area contributed by atoms with Gasteiger partial charge in [-0.3, -0.25) is 18.9 Å². The lowest BCUT2D eigenvalue weighted by molar-refractivity contribution is -0.138. The van der Waals surface area contributed by atoms with Crippen LogP contribution in [0.25, 0.3) is 22.9 Å². The third kappa shape index (κ3) is 25.1. The number of methoxy groups -OCH3 is 5. The van der Waals surface area contributed by atoms with Crippen molar-refractivity contribution in [3.05, 3.63) is 260 Å². The van der Waals surface area contributed by atoms with Crippen LogP contribution in [0.15, 0.2) is 243 Å². The molecule has 1 aliphatic carbocycles. The van der Waals surface area contributed by atoms with Gasteiger partial charge >= 0.3 is 18.1 Å². The van der Waals surface area contributed by atoms with E-state index in [1.807, 2.05) is 32.0 Å². The Morgan fingerprint density at radius 3 is 1.56 bits per heavy atom. The van der Waals surface area contributed by atoms with Crippen LogP contribution >= 0.6 is 11.3 Å². The number of allylic oxidation sites excluding steroid dienone is 1. The number of aryl methyl sites for hydroxylation is 4. The van der Waals surface area contributed by atoms with Crippen LogP contribution < -0.4 is 33.1 Å². The predicted octanol–water partition coefficient (Wildman–Crippen LogP) is 16.9. The van der Waals surface area contributed by atoms with Crippen LogP contribution in [0.4, 0.5) is 47.8 Å². The number of para-hydroxylation sites is 1. The Bertz CT molecular complexity index is 6360. The number of thiophene rings is 1. The van der Waals surface area contributed by atoms with Crippen molar-refractivity contribution in [3.8, 4) is 40.2 Å². The molecule has 0 spiro atoms. The summed E-state index contributed by atoms with van der Waals surface area (Å²) in [6.07, 6.45) is 0.122. The standard InChI is InChI=1S/C19H18F2N2O5S.C19H18F2N2O4S.C16H16N2O3S.C15H16F3NO4S.C14H15NO4S2/c1-19(20,21)12-5-4-6-13(9-12)29(24,25)23-15-11-17(27-3)16(26-2)10-14(15)18-22-7-8-28-18;1-12-22-18(27-23-12)17-8-7-15(26-3)9-13(17)11-28(24,25)16-6-4-5-14(10-16)19(2,20)21;1-12-5-4-6-13(11-12)22(19,20)18-15-8-3-2-7-14(15)16-17-9-10-21-16;1-23-14(20)12-7-2-3-8-13(12)19-24(21,22)11-6-4-5-10(9-11)15(16,17)18;1-9-5-4-6-11(7-9)21(17,18)15-12-10(2)8-20-13(12)14(16)19-3/h4-11,23H,1-3H3;4-10H,11H2,1-3H3;2-8,11,18H,9-10H2,1H3;4-6,9,19H,2-3,7-8H2,1H3;4-8,15H,1-3H3. The monoisotopic (exact) mass is 1840 g/mol. The Kier molecular flexibility index (Phi) is 31.2. The number of hydrogen-bond acceptors (Lipinski definition) is 25. The maximum Gasteiger partial charge on any atom is 0.416 e. The minimum atomic E-state index is -4.65. The molecule has 0 saturated heterocycles. The van der Waals surface area contributed by atoms with E-state index in [9.17, 15) is 82.4 Å². The molecule has 41 heteroatoms. The van der Waals surface area contributed by atoms with Crippen LogP contribution in [0.5, 0.6) is 17.2 Å². The number of carbonyl (C=O) groups is 2. The van der Waals surface area contributed by atoms with Gasteiger partial charge in [0.2, 0.25) is 11.8 Å². The van der Waals surface area contributed by atoms with E-state index in [1.165, 1.54) is 96.5 Å². The summed E-state index contributed by atoms with van der Waals surface area (Å²) in [5, 5.41) is 5.43. The summed E-state index contributed by atoms with van der Waals surface area (Å²) in [5.41, 5.74) is 3.48. The Labute approximate surface area is 715 Å². The van der Waals surface area contributed by atoms with Crippen LogP contribution in [0.3, 0.4) is 0 Å². The van der Waals surface area contributed by atoms with Crippen molar-refractivity contribution >= 4 is 96.2 Å². The predicted molar refractivity (Wildman–Crippen MR) is 447 cm³/mol. The maximum atomic E-state index is 13.6. The molecule has 1 aliphatic heterocycles. The van der Waals surface area contributed by atoms with Crippen molar-refractivity contribution < 1.29 is 120 Å². The molecule has 3 aromatic heterocycles. The number of anilines is 3. The first-order valence-corrected chi connectivity index (χ1v) is 45.3. The first-order chi connectivity index (χ1) is 58.3. The van der Waals surface area contributed by atoms with Crippen LogP contribution in [0, 0.1) is 27.7 Å². The van der Waals surface area contributed by atoms with Crippen molar-refractivity contribution in [3.63, 3.8) is 0 Å². The van der Waals surface area contributed by atoms with Gasteiger partial charge in [0.1, 0.15) is 23.5 Å². The number of benzene rings is 8. The molecule has 0 bridgehead atoms. The maximum absolute atomic E-state index is 13.6. The lowest BCUT2D eigenvalue weighted by Gasteiger charge is -2.20. The summed E-state index contributed by atoms with van der Waals surface area (Å²) in [4.78, 5) is 35.4. The van der Waals surface area contributed by atoms with E-state index in [-0.39, 0.29) is 75.8 Å². The number of sulfone groups is 1. The number of rotatable bonds is 25. The first kappa shape index (κ1) is 95.7. The van der Waals surface area contributed by atoms with Gasteiger partial charge in [0.15, 0.2) is 27.2 Å². The van der Waals surface area contributed by atoms with Gasteiger partial charge < -0.3 is 37.4 Å². The van der Waals surface area contributed by atoms with Gasteiger partial charge in [0.05, 0.1) is 118 Å². The van der Waals surface area contributed by atoms with E-state index < -0.39 is 102 Å². The van der Waals surface area contributed by atoms with Crippen LogP contribution in [-0.2, 0) is 92.7 Å². The molecule has 0 amide bonds. The summed E-state index contributed by atoms with van der Waals surface area (Å²) in [6.45, 7) is 9.57. The normalized spacial score (nSPS) is 13.1. The molecule has 8 aromatic carbocycles. The van der Waals surface area contributed by atoms with Gasteiger partial charge in [-0.2, -0.15) is 18.2 Å². The van der Waals surface area contributed by atoms with E-state index in [4.69, 9.17) is 27.9 Å². The van der Waals surface area contributed by atoms with E-state index in [1.54, 1.807) is 86.0 Å². The number of oxazole rings is 1. The number of esters is 2. The summed E-state index contributed by atoms with van der Waals surface area (Å²) in [5.74, 6) is -5.76. The number of aliphatic imine (C=N–C) groups is 1. The molecule has 28 nitrogen and oxygen atoms in total. The molecule has 0 unspecified atom stereocenters. The zero-order chi connectivity index (χ0) is 90.9. The number of halogens is 7. The van der Waals surface area contributed by atoms with Crippen molar-refractivity contribution in [1.29, 1.82) is 0 Å². The number of carbonyl (C=O) groups excluding carboxylic acids is 2. The molecule has 660 valence electrons. The highest BCUT2D eigenvalue weighted by molar-refractivity contribution is 7.93. The third-order valence-electron chi connectivity index (χ3n) is 18.0. The van der Waals surface area contributed by atoms with Crippen molar-refractivity contribution in [2.45, 2.75) is 115 Å².